The lowest BCUT2D eigenvalue weighted by molar-refractivity contribution is 0.371. The number of hydrogen-bond donors (Lipinski definition) is 2. The third kappa shape index (κ3) is 3.18. The smallest absolute Gasteiger partial charge is 0.328 e. The van der Waals surface area contributed by atoms with E-state index >= 15 is 0 Å². The van der Waals surface area contributed by atoms with Gasteiger partial charge in [-0.2, -0.15) is 0 Å². The first-order valence-electron chi connectivity index (χ1n) is 11.6. The molecule has 1 aliphatic heterocycles. The summed E-state index contributed by atoms with van der Waals surface area (Å²) in [6, 6.07) is 8.25. The molecule has 1 aromatic carbocycles. The molecule has 2 N–H and O–H groups in total. The van der Waals surface area contributed by atoms with Crippen molar-refractivity contribution in [1.82, 2.24) is 19.9 Å². The van der Waals surface area contributed by atoms with Gasteiger partial charge in [-0.3, -0.25) is 14.3 Å². The molecule has 6 rings (SSSR count). The number of fused-ring (bicyclic) bond motifs is 6. The lowest BCUT2D eigenvalue weighted by Gasteiger charge is -2.32. The number of ether oxygens (including phenoxy) is 2. The number of thiophene rings is 1. The molecule has 0 radical (unpaired) electrons. The number of nitrogens with one attached hydrogen (secondary N) is 2. The normalized spacial score (nSPS) is 21.5. The van der Waals surface area contributed by atoms with Crippen LogP contribution in [0.2, 0.25) is 0 Å². The van der Waals surface area contributed by atoms with Crippen molar-refractivity contribution in [1.29, 1.82) is 0 Å². The molecule has 2 aliphatic rings. The van der Waals surface area contributed by atoms with Crippen LogP contribution >= 0.6 is 11.3 Å². The van der Waals surface area contributed by atoms with Crippen molar-refractivity contribution >= 4 is 31.8 Å². The Labute approximate surface area is 199 Å². The van der Waals surface area contributed by atoms with Gasteiger partial charge in [-0.1, -0.05) is 12.1 Å². The molecular formula is C25H26N4O4S. The van der Waals surface area contributed by atoms with Crippen LogP contribution in [0, 0.1) is 5.92 Å². The molecule has 1 saturated heterocycles. The summed E-state index contributed by atoms with van der Waals surface area (Å²) >= 11 is 1.31. The molecule has 0 amide bonds. The third-order valence-electron chi connectivity index (χ3n) is 7.43. The van der Waals surface area contributed by atoms with E-state index in [1.165, 1.54) is 27.0 Å². The summed E-state index contributed by atoms with van der Waals surface area (Å²) in [7, 11) is 3.31. The summed E-state index contributed by atoms with van der Waals surface area (Å²) in [5.74, 6) is 2.51. The Balaban J connectivity index is 1.34. The second-order valence-corrected chi connectivity index (χ2v) is 10.1. The molecule has 9 heteroatoms. The van der Waals surface area contributed by atoms with Crippen LogP contribution in [-0.4, -0.2) is 41.3 Å². The minimum absolute atomic E-state index is 0.197. The van der Waals surface area contributed by atoms with Crippen LogP contribution in [-0.2, 0) is 13.0 Å². The summed E-state index contributed by atoms with van der Waals surface area (Å²) in [4.78, 5) is 33.5. The van der Waals surface area contributed by atoms with Crippen LogP contribution in [0.1, 0.15) is 29.9 Å². The quantitative estimate of drug-likeness (QED) is 0.458. The summed E-state index contributed by atoms with van der Waals surface area (Å²) in [6.45, 7) is 1.31. The number of methoxy groups -OCH3 is 2. The van der Waals surface area contributed by atoms with Gasteiger partial charge in [-0.05, 0) is 55.0 Å². The SMILES string of the molecule is COc1cccc2c1CC[C@H]1CNC(CCn3c(=O)[nH]c4c(sc5c(OC)ccnc54)c3=O)[C@@H]21. The van der Waals surface area contributed by atoms with E-state index in [0.29, 0.717) is 46.3 Å². The molecule has 4 heterocycles. The van der Waals surface area contributed by atoms with Gasteiger partial charge in [0.15, 0.2) is 0 Å². The van der Waals surface area contributed by atoms with Crippen LogP contribution in [0.4, 0.5) is 0 Å². The monoisotopic (exact) mass is 478 g/mol. The second kappa shape index (κ2) is 8.25. The maximum absolute atomic E-state index is 13.3. The lowest BCUT2D eigenvalue weighted by Crippen LogP contribution is -2.37. The van der Waals surface area contributed by atoms with Crippen LogP contribution < -0.4 is 26.0 Å². The fourth-order valence-electron chi connectivity index (χ4n) is 5.86. The van der Waals surface area contributed by atoms with Gasteiger partial charge in [0.25, 0.3) is 5.56 Å². The molecule has 3 atom stereocenters. The predicted octanol–water partition coefficient (Wildman–Crippen LogP) is 3.02. The fraction of sp³-hybridized carbons (Fsp3) is 0.400. The van der Waals surface area contributed by atoms with E-state index in [2.05, 4.69) is 27.4 Å². The van der Waals surface area contributed by atoms with Gasteiger partial charge in [0.1, 0.15) is 21.7 Å². The zero-order valence-electron chi connectivity index (χ0n) is 19.1. The molecular weight excluding hydrogens is 452 g/mol. The number of rotatable bonds is 5. The maximum Gasteiger partial charge on any atom is 0.328 e. The molecule has 0 spiro atoms. The van der Waals surface area contributed by atoms with E-state index in [9.17, 15) is 9.59 Å². The number of aromatic amines is 1. The van der Waals surface area contributed by atoms with Gasteiger partial charge < -0.3 is 19.8 Å². The molecule has 1 aliphatic carbocycles. The Morgan fingerprint density at radius 1 is 1.15 bits per heavy atom. The van der Waals surface area contributed by atoms with Gasteiger partial charge in [0.2, 0.25) is 0 Å². The molecule has 34 heavy (non-hydrogen) atoms. The van der Waals surface area contributed by atoms with Crippen molar-refractivity contribution in [3.8, 4) is 11.5 Å². The number of hydrogen-bond acceptors (Lipinski definition) is 7. The molecule has 3 aromatic heterocycles. The van der Waals surface area contributed by atoms with E-state index in [-0.39, 0.29) is 11.6 Å². The minimum atomic E-state index is -0.401. The van der Waals surface area contributed by atoms with Crippen molar-refractivity contribution < 1.29 is 9.47 Å². The van der Waals surface area contributed by atoms with Crippen molar-refractivity contribution in [3.63, 3.8) is 0 Å². The topological polar surface area (TPSA) is 98.2 Å². The molecule has 1 unspecified atom stereocenters. The molecule has 0 bridgehead atoms. The maximum atomic E-state index is 13.3. The Morgan fingerprint density at radius 3 is 2.82 bits per heavy atom. The van der Waals surface area contributed by atoms with Gasteiger partial charge in [0, 0.05) is 24.7 Å². The number of H-pyrrole nitrogens is 1. The van der Waals surface area contributed by atoms with E-state index in [4.69, 9.17) is 9.47 Å². The predicted molar refractivity (Wildman–Crippen MR) is 133 cm³/mol. The first-order chi connectivity index (χ1) is 16.6. The van der Waals surface area contributed by atoms with Crippen LogP contribution in [0.15, 0.2) is 40.1 Å². The Bertz CT molecular complexity index is 1520. The van der Waals surface area contributed by atoms with E-state index < -0.39 is 5.69 Å². The van der Waals surface area contributed by atoms with Crippen molar-refractivity contribution in [2.24, 2.45) is 5.92 Å². The molecule has 4 aromatic rings. The van der Waals surface area contributed by atoms with Gasteiger partial charge in [0.05, 0.1) is 24.4 Å². The van der Waals surface area contributed by atoms with Gasteiger partial charge >= 0.3 is 5.69 Å². The first-order valence-corrected chi connectivity index (χ1v) is 12.4. The highest BCUT2D eigenvalue weighted by molar-refractivity contribution is 7.26. The number of benzene rings is 1. The molecule has 1 fully saturated rings. The Morgan fingerprint density at radius 2 is 2.00 bits per heavy atom. The largest absolute Gasteiger partial charge is 0.496 e. The van der Waals surface area contributed by atoms with E-state index in [1.54, 1.807) is 26.5 Å². The highest BCUT2D eigenvalue weighted by Gasteiger charge is 2.40. The molecule has 0 saturated carbocycles. The third-order valence-corrected chi connectivity index (χ3v) is 8.62. The number of aromatic nitrogens is 3. The van der Waals surface area contributed by atoms with Crippen molar-refractivity contribution in [2.45, 2.75) is 37.8 Å². The highest BCUT2D eigenvalue weighted by atomic mass is 32.1. The minimum Gasteiger partial charge on any atom is -0.496 e. The average Bonchev–Trinajstić information content (AvgIpc) is 3.45. The molecule has 8 nitrogen and oxygen atoms in total. The Hall–Kier alpha value is -3.17. The van der Waals surface area contributed by atoms with E-state index in [0.717, 1.165) is 29.8 Å². The Kier molecular flexibility index (Phi) is 5.18. The fourth-order valence-corrected chi connectivity index (χ4v) is 7.01. The van der Waals surface area contributed by atoms with Crippen molar-refractivity contribution in [2.75, 3.05) is 20.8 Å². The number of pyridine rings is 1. The standard InChI is InChI=1S/C25H26N4O4S/c1-32-17-5-3-4-15-14(17)7-6-13-12-27-16(19(13)15)9-11-29-24(30)23-21(28-25(29)31)20-22(34-23)18(33-2)8-10-26-20/h3-5,8,10,13,16,19,27H,6-7,9,11-12H2,1-2H3,(H,28,31)/t13-,16?,19+/m0/s1. The zero-order valence-corrected chi connectivity index (χ0v) is 19.9. The van der Waals surface area contributed by atoms with Gasteiger partial charge in [-0.15, -0.1) is 11.3 Å². The van der Waals surface area contributed by atoms with Crippen molar-refractivity contribution in [3.05, 3.63) is 62.4 Å². The van der Waals surface area contributed by atoms with Gasteiger partial charge in [-0.25, -0.2) is 4.79 Å². The first kappa shape index (κ1) is 21.4. The summed E-state index contributed by atoms with van der Waals surface area (Å²) < 4.78 is 13.6. The summed E-state index contributed by atoms with van der Waals surface area (Å²) in [6.07, 6.45) is 4.45. The number of nitrogens with zero attached hydrogens (tertiary/aromatic N) is 2. The molecule has 176 valence electrons. The van der Waals surface area contributed by atoms with Crippen LogP contribution in [0.3, 0.4) is 0 Å². The zero-order chi connectivity index (χ0) is 23.4. The van der Waals surface area contributed by atoms with E-state index in [1.807, 2.05) is 6.07 Å². The summed E-state index contributed by atoms with van der Waals surface area (Å²) in [5, 5.41) is 3.67. The van der Waals surface area contributed by atoms with Crippen LogP contribution in [0.5, 0.6) is 11.5 Å². The highest BCUT2D eigenvalue weighted by Crippen LogP contribution is 2.45. The van der Waals surface area contributed by atoms with Crippen LogP contribution in [0.25, 0.3) is 20.4 Å². The lowest BCUT2D eigenvalue weighted by atomic mass is 9.73. The average molecular weight is 479 g/mol. The second-order valence-electron chi connectivity index (χ2n) is 9.04. The summed E-state index contributed by atoms with van der Waals surface area (Å²) in [5.41, 5.74) is 3.03.